The van der Waals surface area contributed by atoms with Gasteiger partial charge >= 0.3 is 0 Å². The number of carbonyl (C=O) groups excluding carboxylic acids is 1. The zero-order valence-electron chi connectivity index (χ0n) is 22.0. The molecule has 0 saturated carbocycles. The Morgan fingerprint density at radius 1 is 0.949 bits per heavy atom. The predicted octanol–water partition coefficient (Wildman–Crippen LogP) is 7.96. The first-order valence-corrected chi connectivity index (χ1v) is 14.8. The molecule has 0 unspecified atom stereocenters. The number of fused-ring (bicyclic) bond motifs is 1. The maximum atomic E-state index is 13.4. The maximum Gasteiger partial charge on any atom is 0.266 e. The number of nitrogens with zero attached hydrogens (tertiary/aromatic N) is 4. The van der Waals surface area contributed by atoms with E-state index in [1.165, 1.54) is 42.3 Å². The summed E-state index contributed by atoms with van der Waals surface area (Å²) in [5, 5.41) is 2.58. The van der Waals surface area contributed by atoms with Crippen molar-refractivity contribution in [1.29, 1.82) is 0 Å². The number of aliphatic imine (C=N–C) groups is 1. The van der Waals surface area contributed by atoms with E-state index in [4.69, 9.17) is 16.6 Å². The first-order chi connectivity index (χ1) is 19.1. The average molecular weight is 555 g/mol. The van der Waals surface area contributed by atoms with Crippen molar-refractivity contribution >= 4 is 62.8 Å². The van der Waals surface area contributed by atoms with Gasteiger partial charge in [0, 0.05) is 59.6 Å². The Morgan fingerprint density at radius 2 is 1.69 bits per heavy atom. The zero-order chi connectivity index (χ0) is 26.8. The van der Waals surface area contributed by atoms with Gasteiger partial charge in [-0.05, 0) is 92.1 Å². The summed E-state index contributed by atoms with van der Waals surface area (Å²) in [6, 6.07) is 24.7. The Kier molecular flexibility index (Phi) is 7.49. The summed E-state index contributed by atoms with van der Waals surface area (Å²) in [5.74, 6) is 0.000666. The number of amides is 1. The molecular weight excluding hydrogens is 524 g/mol. The number of hydrogen-bond acceptors (Lipinski definition) is 4. The molecule has 1 aromatic heterocycles. The van der Waals surface area contributed by atoms with Crippen LogP contribution >= 0.6 is 23.4 Å². The van der Waals surface area contributed by atoms with E-state index in [0.29, 0.717) is 11.4 Å². The van der Waals surface area contributed by atoms with E-state index in [-0.39, 0.29) is 5.91 Å². The second kappa shape index (κ2) is 11.3. The molecule has 0 atom stereocenters. The third kappa shape index (κ3) is 5.49. The molecule has 198 valence electrons. The van der Waals surface area contributed by atoms with Gasteiger partial charge in [-0.3, -0.25) is 9.69 Å². The topological polar surface area (TPSA) is 40.8 Å². The number of carbonyl (C=O) groups is 1. The molecule has 5 nitrogen and oxygen atoms in total. The van der Waals surface area contributed by atoms with Gasteiger partial charge in [-0.15, -0.1) is 0 Å². The monoisotopic (exact) mass is 554 g/mol. The number of piperidine rings is 1. The van der Waals surface area contributed by atoms with E-state index in [1.54, 1.807) is 4.90 Å². The van der Waals surface area contributed by atoms with Crippen LogP contribution in [0, 0.1) is 0 Å². The summed E-state index contributed by atoms with van der Waals surface area (Å²) in [6.07, 6.45) is 7.97. The minimum absolute atomic E-state index is 0.000666. The van der Waals surface area contributed by atoms with Gasteiger partial charge in [0.1, 0.15) is 0 Å². The first kappa shape index (κ1) is 25.8. The van der Waals surface area contributed by atoms with E-state index in [2.05, 4.69) is 52.1 Å². The van der Waals surface area contributed by atoms with Crippen molar-refractivity contribution in [3.63, 3.8) is 0 Å². The average Bonchev–Trinajstić information content (AvgIpc) is 3.46. The molecule has 0 bridgehead atoms. The van der Waals surface area contributed by atoms with Gasteiger partial charge in [-0.1, -0.05) is 41.9 Å². The van der Waals surface area contributed by atoms with Crippen molar-refractivity contribution in [2.24, 2.45) is 4.99 Å². The summed E-state index contributed by atoms with van der Waals surface area (Å²) >= 11 is 7.53. The number of halogens is 1. The molecule has 7 heteroatoms. The van der Waals surface area contributed by atoms with Gasteiger partial charge in [-0.2, -0.15) is 0 Å². The molecular formula is C32H31ClN4OS. The van der Waals surface area contributed by atoms with Crippen LogP contribution in [0.25, 0.3) is 17.0 Å². The number of hydrogen-bond donors (Lipinski definition) is 0. The zero-order valence-corrected chi connectivity index (χ0v) is 23.6. The maximum absolute atomic E-state index is 13.4. The Morgan fingerprint density at radius 3 is 2.44 bits per heavy atom. The Hall–Kier alpha value is -3.48. The molecule has 0 N–H and O–H groups in total. The lowest BCUT2D eigenvalue weighted by Gasteiger charge is -2.28. The third-order valence-electron chi connectivity index (χ3n) is 7.37. The van der Waals surface area contributed by atoms with Crippen molar-refractivity contribution in [1.82, 2.24) is 9.47 Å². The van der Waals surface area contributed by atoms with Crippen LogP contribution < -0.4 is 4.90 Å². The number of aromatic nitrogens is 1. The highest BCUT2D eigenvalue weighted by Crippen LogP contribution is 2.36. The molecule has 2 fully saturated rings. The fourth-order valence-electron chi connectivity index (χ4n) is 5.32. The van der Waals surface area contributed by atoms with Gasteiger partial charge in [-0.25, -0.2) is 4.99 Å². The van der Waals surface area contributed by atoms with Crippen molar-refractivity contribution in [3.05, 3.63) is 100 Å². The van der Waals surface area contributed by atoms with Crippen molar-refractivity contribution in [2.45, 2.75) is 32.7 Å². The van der Waals surface area contributed by atoms with E-state index < -0.39 is 0 Å². The molecule has 4 aromatic rings. The van der Waals surface area contributed by atoms with Crippen molar-refractivity contribution < 1.29 is 4.79 Å². The molecule has 2 aliphatic heterocycles. The Bertz CT molecular complexity index is 1550. The molecule has 0 aliphatic carbocycles. The minimum Gasteiger partial charge on any atom is -0.372 e. The highest BCUT2D eigenvalue weighted by Gasteiger charge is 2.32. The van der Waals surface area contributed by atoms with Crippen molar-refractivity contribution in [3.8, 4) is 0 Å². The van der Waals surface area contributed by atoms with Crippen LogP contribution in [0.3, 0.4) is 0 Å². The van der Waals surface area contributed by atoms with Crippen LogP contribution in [0.5, 0.6) is 0 Å². The number of likely N-dealkylation sites (N-methyl/N-ethyl adjacent to an activating group) is 1. The van der Waals surface area contributed by atoms with Gasteiger partial charge in [0.15, 0.2) is 5.17 Å². The van der Waals surface area contributed by atoms with Crippen LogP contribution in [0.15, 0.2) is 88.9 Å². The normalized spacial score (nSPS) is 18.2. The summed E-state index contributed by atoms with van der Waals surface area (Å²) in [7, 11) is 0. The summed E-state index contributed by atoms with van der Waals surface area (Å²) < 4.78 is 2.23. The second-order valence-electron chi connectivity index (χ2n) is 9.97. The molecule has 0 spiro atoms. The van der Waals surface area contributed by atoms with Crippen LogP contribution in [0.4, 0.5) is 11.4 Å². The van der Waals surface area contributed by atoms with Gasteiger partial charge in [0.25, 0.3) is 5.91 Å². The minimum atomic E-state index is 0.000666. The third-order valence-corrected chi connectivity index (χ3v) is 8.63. The number of rotatable bonds is 6. The van der Waals surface area contributed by atoms with Crippen LogP contribution in [-0.4, -0.2) is 40.2 Å². The lowest BCUT2D eigenvalue weighted by atomic mass is 10.1. The van der Waals surface area contributed by atoms with E-state index in [1.807, 2.05) is 49.4 Å². The molecule has 39 heavy (non-hydrogen) atoms. The van der Waals surface area contributed by atoms with Crippen LogP contribution in [0.2, 0.25) is 5.02 Å². The molecule has 2 saturated heterocycles. The summed E-state index contributed by atoms with van der Waals surface area (Å²) in [5.41, 5.74) is 5.44. The van der Waals surface area contributed by atoms with Crippen LogP contribution in [-0.2, 0) is 11.3 Å². The highest BCUT2D eigenvalue weighted by molar-refractivity contribution is 8.18. The SMILES string of the molecule is CCN1C(=O)/C(=C/c2cn(Cc3ccc(Cl)cc3)c3ccccc23)SC1=Nc1ccc(N2CCCCC2)cc1. The largest absolute Gasteiger partial charge is 0.372 e. The smallest absolute Gasteiger partial charge is 0.266 e. The quantitative estimate of drug-likeness (QED) is 0.227. The van der Waals surface area contributed by atoms with Gasteiger partial charge in [0.2, 0.25) is 0 Å². The molecule has 1 amide bonds. The molecule has 3 heterocycles. The van der Waals surface area contributed by atoms with Crippen molar-refractivity contribution in [2.75, 3.05) is 24.5 Å². The first-order valence-electron chi connectivity index (χ1n) is 13.6. The van der Waals surface area contributed by atoms with Gasteiger partial charge in [0.05, 0.1) is 10.6 Å². The Balaban J connectivity index is 1.28. The lowest BCUT2D eigenvalue weighted by Crippen LogP contribution is -2.29. The number of benzene rings is 3. The molecule has 2 aliphatic rings. The standard InChI is InChI=1S/C32H31ClN4OS/c1-2-37-31(38)30(39-32(37)34-26-14-16-27(17-15-26)35-18-6-3-7-19-35)20-24-22-36(29-9-5-4-8-28(24)29)21-23-10-12-25(33)13-11-23/h4-5,8-17,20,22H,2-3,6-7,18-19,21H2,1H3/b30-20-,34-32?. The predicted molar refractivity (Wildman–Crippen MR) is 165 cm³/mol. The van der Waals surface area contributed by atoms with Gasteiger partial charge < -0.3 is 9.47 Å². The second-order valence-corrected chi connectivity index (χ2v) is 11.4. The lowest BCUT2D eigenvalue weighted by molar-refractivity contribution is -0.122. The highest BCUT2D eigenvalue weighted by atomic mass is 35.5. The van der Waals surface area contributed by atoms with E-state index in [9.17, 15) is 4.79 Å². The van der Waals surface area contributed by atoms with E-state index >= 15 is 0 Å². The summed E-state index contributed by atoms with van der Waals surface area (Å²) in [4.78, 5) is 23.2. The summed E-state index contributed by atoms with van der Waals surface area (Å²) in [6.45, 7) is 5.53. The number of para-hydroxylation sites is 1. The Labute approximate surface area is 238 Å². The number of amidine groups is 1. The number of thioether (sulfide) groups is 1. The molecule has 0 radical (unpaired) electrons. The molecule has 3 aromatic carbocycles. The fraction of sp³-hybridized carbons (Fsp3) is 0.250. The number of anilines is 1. The van der Waals surface area contributed by atoms with E-state index in [0.717, 1.165) is 52.0 Å². The van der Waals surface area contributed by atoms with Crippen LogP contribution in [0.1, 0.15) is 37.3 Å². The molecule has 6 rings (SSSR count). The fourth-order valence-corrected chi connectivity index (χ4v) is 6.50.